The first-order chi connectivity index (χ1) is 16.1. The smallest absolute Gasteiger partial charge is 0.352 e. The number of likely N-dealkylation sites (tertiary alicyclic amines) is 1. The zero-order valence-electron chi connectivity index (χ0n) is 18.1. The molecule has 1 saturated heterocycles. The van der Waals surface area contributed by atoms with Crippen molar-refractivity contribution in [2.45, 2.75) is 32.0 Å². The van der Waals surface area contributed by atoms with Crippen LogP contribution in [0.1, 0.15) is 40.9 Å². The highest BCUT2D eigenvalue weighted by Crippen LogP contribution is 2.59. The van der Waals surface area contributed by atoms with Gasteiger partial charge in [-0.25, -0.2) is 4.98 Å². The number of carbonyl (C=O) groups excluding carboxylic acids is 2. The average Bonchev–Trinajstić information content (AvgIpc) is 3.34. The molecule has 0 radical (unpaired) electrons. The van der Waals surface area contributed by atoms with Gasteiger partial charge in [0.25, 0.3) is 5.91 Å². The molecule has 1 aromatic carbocycles. The third-order valence-electron chi connectivity index (χ3n) is 6.91. The number of fused-ring (bicyclic) bond motifs is 1. The number of rotatable bonds is 4. The summed E-state index contributed by atoms with van der Waals surface area (Å²) >= 11 is 5.99. The number of amides is 2. The summed E-state index contributed by atoms with van der Waals surface area (Å²) in [7, 11) is 0. The van der Waals surface area contributed by atoms with Crippen LogP contribution < -0.4 is 5.32 Å². The highest BCUT2D eigenvalue weighted by atomic mass is 35.5. The molecular weight excluding hydrogens is 469 g/mol. The van der Waals surface area contributed by atoms with Crippen LogP contribution in [-0.2, 0) is 17.5 Å². The lowest BCUT2D eigenvalue weighted by Gasteiger charge is -2.32. The zero-order valence-corrected chi connectivity index (χ0v) is 18.9. The minimum atomic E-state index is -4.41. The van der Waals surface area contributed by atoms with Gasteiger partial charge >= 0.3 is 6.18 Å². The number of hydrogen-bond acceptors (Lipinski definition) is 3. The van der Waals surface area contributed by atoms with E-state index in [0.717, 1.165) is 18.6 Å². The first-order valence-corrected chi connectivity index (χ1v) is 11.4. The SMILES string of the molecule is O=C(NCc1cccc(C(F)(F)F)c1)[C@@H]1CC12CCN(C(=O)c1cn3cc(Cl)ccc3n1)CC2. The maximum absolute atomic E-state index is 12.9. The van der Waals surface area contributed by atoms with Crippen molar-refractivity contribution in [2.24, 2.45) is 11.3 Å². The van der Waals surface area contributed by atoms with Gasteiger partial charge < -0.3 is 14.6 Å². The van der Waals surface area contributed by atoms with Crippen LogP contribution in [0.2, 0.25) is 5.02 Å². The second-order valence-corrected chi connectivity index (χ2v) is 9.50. The summed E-state index contributed by atoms with van der Waals surface area (Å²) in [6, 6.07) is 8.44. The number of carbonyl (C=O) groups is 2. The van der Waals surface area contributed by atoms with Crippen molar-refractivity contribution < 1.29 is 22.8 Å². The van der Waals surface area contributed by atoms with Gasteiger partial charge in [0.05, 0.1) is 10.6 Å². The van der Waals surface area contributed by atoms with Crippen molar-refractivity contribution in [3.63, 3.8) is 0 Å². The Morgan fingerprint density at radius 2 is 1.91 bits per heavy atom. The molecule has 6 nitrogen and oxygen atoms in total. The van der Waals surface area contributed by atoms with Gasteiger partial charge in [0, 0.05) is 37.9 Å². The van der Waals surface area contributed by atoms with Gasteiger partial charge in [-0.15, -0.1) is 0 Å². The van der Waals surface area contributed by atoms with Crippen molar-refractivity contribution in [3.8, 4) is 0 Å². The molecule has 178 valence electrons. The Labute approximate surface area is 198 Å². The van der Waals surface area contributed by atoms with E-state index in [4.69, 9.17) is 11.6 Å². The highest BCUT2D eigenvalue weighted by molar-refractivity contribution is 6.30. The first kappa shape index (κ1) is 22.7. The normalized spacial score (nSPS) is 19.4. The lowest BCUT2D eigenvalue weighted by atomic mass is 9.90. The van der Waals surface area contributed by atoms with Crippen LogP contribution in [0, 0.1) is 11.3 Å². The molecule has 10 heteroatoms. The Morgan fingerprint density at radius 3 is 2.65 bits per heavy atom. The van der Waals surface area contributed by atoms with Gasteiger partial charge in [-0.05, 0) is 54.5 Å². The molecule has 1 aliphatic carbocycles. The Morgan fingerprint density at radius 1 is 1.15 bits per heavy atom. The topological polar surface area (TPSA) is 66.7 Å². The lowest BCUT2D eigenvalue weighted by molar-refractivity contribution is -0.137. The Hall–Kier alpha value is -3.07. The summed E-state index contributed by atoms with van der Waals surface area (Å²) < 4.78 is 40.4. The van der Waals surface area contributed by atoms with E-state index in [1.54, 1.807) is 39.9 Å². The van der Waals surface area contributed by atoms with Crippen LogP contribution in [0.3, 0.4) is 0 Å². The number of halogens is 4. The van der Waals surface area contributed by atoms with E-state index < -0.39 is 11.7 Å². The third-order valence-corrected chi connectivity index (χ3v) is 7.13. The van der Waals surface area contributed by atoms with Crippen molar-refractivity contribution in [1.29, 1.82) is 0 Å². The molecule has 0 unspecified atom stereocenters. The molecule has 5 rings (SSSR count). The second-order valence-electron chi connectivity index (χ2n) is 9.07. The van der Waals surface area contributed by atoms with Gasteiger partial charge in [0.1, 0.15) is 11.3 Å². The molecular formula is C24H22ClF3N4O2. The summed E-state index contributed by atoms with van der Waals surface area (Å²) in [6.45, 7) is 1.12. The van der Waals surface area contributed by atoms with E-state index in [0.29, 0.717) is 47.9 Å². The number of piperidine rings is 1. The monoisotopic (exact) mass is 490 g/mol. The fourth-order valence-corrected chi connectivity index (χ4v) is 4.99. The van der Waals surface area contributed by atoms with Crippen LogP contribution in [0.5, 0.6) is 0 Å². The van der Waals surface area contributed by atoms with Crippen LogP contribution >= 0.6 is 11.6 Å². The van der Waals surface area contributed by atoms with Crippen molar-refractivity contribution >= 4 is 29.1 Å². The zero-order chi connectivity index (χ0) is 24.1. The predicted octanol–water partition coefficient (Wildman–Crippen LogP) is 4.57. The van der Waals surface area contributed by atoms with E-state index in [2.05, 4.69) is 10.3 Å². The Balaban J connectivity index is 1.15. The van der Waals surface area contributed by atoms with E-state index in [1.165, 1.54) is 6.07 Å². The third kappa shape index (κ3) is 4.36. The first-order valence-electron chi connectivity index (χ1n) is 11.0. The second kappa shape index (κ2) is 8.30. The lowest BCUT2D eigenvalue weighted by Crippen LogP contribution is -2.40. The minimum Gasteiger partial charge on any atom is -0.352 e. The van der Waals surface area contributed by atoms with Crippen molar-refractivity contribution in [3.05, 3.63) is 70.6 Å². The number of imidazole rings is 1. The summed E-state index contributed by atoms with van der Waals surface area (Å²) in [5, 5.41) is 3.33. The number of aromatic nitrogens is 2. The predicted molar refractivity (Wildman–Crippen MR) is 119 cm³/mol. The van der Waals surface area contributed by atoms with Gasteiger partial charge in [0.15, 0.2) is 0 Å². The number of hydrogen-bond donors (Lipinski definition) is 1. The van der Waals surface area contributed by atoms with E-state index >= 15 is 0 Å². The maximum atomic E-state index is 12.9. The van der Waals surface area contributed by atoms with Gasteiger partial charge in [-0.3, -0.25) is 9.59 Å². The molecule has 2 aliphatic rings. The van der Waals surface area contributed by atoms with Gasteiger partial charge in [-0.2, -0.15) is 13.2 Å². The van der Waals surface area contributed by atoms with Gasteiger partial charge in [-0.1, -0.05) is 23.7 Å². The molecule has 2 fully saturated rings. The van der Waals surface area contributed by atoms with Crippen LogP contribution in [0.15, 0.2) is 48.8 Å². The maximum Gasteiger partial charge on any atom is 0.416 e. The fourth-order valence-electron chi connectivity index (χ4n) is 4.83. The molecule has 2 aromatic heterocycles. The average molecular weight is 491 g/mol. The Kier molecular flexibility index (Phi) is 5.55. The van der Waals surface area contributed by atoms with Crippen LogP contribution in [-0.4, -0.2) is 39.2 Å². The molecule has 34 heavy (non-hydrogen) atoms. The van der Waals surface area contributed by atoms with E-state index in [9.17, 15) is 22.8 Å². The molecule has 1 atom stereocenters. The quantitative estimate of drug-likeness (QED) is 0.583. The summed E-state index contributed by atoms with van der Waals surface area (Å²) in [5.74, 6) is -0.469. The molecule has 0 bridgehead atoms. The number of nitrogens with one attached hydrogen (secondary N) is 1. The summed E-state index contributed by atoms with van der Waals surface area (Å²) in [4.78, 5) is 31.7. The standard InChI is InChI=1S/C24H22ClF3N4O2/c25-17-4-5-20-30-19(14-32(20)13-17)22(34)31-8-6-23(7-9-31)11-18(23)21(33)29-12-15-2-1-3-16(10-15)24(26,27)28/h1-5,10,13-14,18H,6-9,11-12H2,(H,29,33)/t18-/m0/s1. The highest BCUT2D eigenvalue weighted by Gasteiger charge is 2.58. The minimum absolute atomic E-state index is 0.0534. The number of alkyl halides is 3. The number of nitrogens with zero attached hydrogens (tertiary/aromatic N) is 3. The molecule has 3 aromatic rings. The molecule has 1 aliphatic heterocycles. The molecule has 2 amide bonds. The van der Waals surface area contributed by atoms with E-state index in [1.807, 2.05) is 0 Å². The van der Waals surface area contributed by atoms with Crippen LogP contribution in [0.4, 0.5) is 13.2 Å². The number of benzene rings is 1. The summed E-state index contributed by atoms with van der Waals surface area (Å²) in [6.07, 6.45) is 1.09. The van der Waals surface area contributed by atoms with E-state index in [-0.39, 0.29) is 29.7 Å². The molecule has 1 saturated carbocycles. The van der Waals surface area contributed by atoms with Crippen molar-refractivity contribution in [2.75, 3.05) is 13.1 Å². The largest absolute Gasteiger partial charge is 0.416 e. The van der Waals surface area contributed by atoms with Crippen LogP contribution in [0.25, 0.3) is 5.65 Å². The van der Waals surface area contributed by atoms with Gasteiger partial charge in [0.2, 0.25) is 5.91 Å². The van der Waals surface area contributed by atoms with Crippen molar-refractivity contribution in [1.82, 2.24) is 19.6 Å². The Bertz CT molecular complexity index is 1260. The molecule has 1 N–H and O–H groups in total. The molecule has 3 heterocycles. The number of pyridine rings is 1. The molecule has 1 spiro atoms. The summed E-state index contributed by atoms with van der Waals surface area (Å²) in [5.41, 5.74) is 0.534. The fraction of sp³-hybridized carbons (Fsp3) is 0.375.